The van der Waals surface area contributed by atoms with Gasteiger partial charge in [-0.25, -0.2) is 0 Å². The number of rotatable bonds is 5. The third kappa shape index (κ3) is 3.55. The van der Waals surface area contributed by atoms with Crippen molar-refractivity contribution in [2.45, 2.75) is 38.6 Å². The Bertz CT molecular complexity index is 608. The number of carbonyl (C=O) groups excluding carboxylic acids is 2. The van der Waals surface area contributed by atoms with Gasteiger partial charge in [-0.2, -0.15) is 0 Å². The van der Waals surface area contributed by atoms with Crippen molar-refractivity contribution in [2.75, 3.05) is 20.2 Å². The van der Waals surface area contributed by atoms with Crippen LogP contribution in [0.4, 0.5) is 0 Å². The monoisotopic (exact) mass is 330 g/mol. The van der Waals surface area contributed by atoms with Crippen LogP contribution in [0.3, 0.4) is 0 Å². The van der Waals surface area contributed by atoms with Crippen LogP contribution >= 0.6 is 0 Å². The Morgan fingerprint density at radius 1 is 1.17 bits per heavy atom. The number of hydrogen-bond donors (Lipinski definition) is 1. The standard InChI is InChI=1S/C19H26N2O3/c1-12(2)19(23)21-10-16(13-4-8-15(24-3)9-5-13)17(11-21)18(22)20-14-6-7-14/h4-5,8-9,12,14,16-17H,6-7,10-11H2,1-3H3,(H,20,22). The molecule has 2 unspecified atom stereocenters. The predicted octanol–water partition coefficient (Wildman–Crippen LogP) is 2.17. The van der Waals surface area contributed by atoms with E-state index in [2.05, 4.69) is 5.32 Å². The number of amides is 2. The minimum absolute atomic E-state index is 0.0392. The van der Waals surface area contributed by atoms with Crippen LogP contribution in [0.15, 0.2) is 24.3 Å². The normalized spacial score (nSPS) is 23.4. The number of benzene rings is 1. The SMILES string of the molecule is COc1ccc(C2CN(C(=O)C(C)C)CC2C(=O)NC2CC2)cc1. The van der Waals surface area contributed by atoms with Gasteiger partial charge in [-0.15, -0.1) is 0 Å². The van der Waals surface area contributed by atoms with E-state index < -0.39 is 0 Å². The molecule has 1 aromatic rings. The van der Waals surface area contributed by atoms with E-state index in [4.69, 9.17) is 4.74 Å². The molecule has 5 nitrogen and oxygen atoms in total. The van der Waals surface area contributed by atoms with E-state index in [9.17, 15) is 9.59 Å². The molecule has 1 saturated heterocycles. The van der Waals surface area contributed by atoms with Crippen LogP contribution in [0.1, 0.15) is 38.2 Å². The zero-order valence-corrected chi connectivity index (χ0v) is 14.6. The Balaban J connectivity index is 1.80. The molecule has 1 heterocycles. The number of nitrogens with one attached hydrogen (secondary N) is 1. The first kappa shape index (κ1) is 16.8. The summed E-state index contributed by atoms with van der Waals surface area (Å²) in [6.45, 7) is 4.92. The fourth-order valence-corrected chi connectivity index (χ4v) is 3.34. The van der Waals surface area contributed by atoms with Gasteiger partial charge in [0.25, 0.3) is 0 Å². The summed E-state index contributed by atoms with van der Waals surface area (Å²) in [6.07, 6.45) is 2.14. The average molecular weight is 330 g/mol. The van der Waals surface area contributed by atoms with E-state index in [0.29, 0.717) is 19.1 Å². The molecule has 1 aliphatic carbocycles. The van der Waals surface area contributed by atoms with E-state index in [1.54, 1.807) is 7.11 Å². The minimum atomic E-state index is -0.179. The summed E-state index contributed by atoms with van der Waals surface area (Å²) in [5.41, 5.74) is 1.09. The number of likely N-dealkylation sites (tertiary alicyclic amines) is 1. The largest absolute Gasteiger partial charge is 0.497 e. The first-order chi connectivity index (χ1) is 11.5. The number of nitrogens with zero attached hydrogens (tertiary/aromatic N) is 1. The zero-order valence-electron chi connectivity index (χ0n) is 14.6. The van der Waals surface area contributed by atoms with Crippen LogP contribution in [0.25, 0.3) is 0 Å². The van der Waals surface area contributed by atoms with Crippen LogP contribution < -0.4 is 10.1 Å². The fraction of sp³-hybridized carbons (Fsp3) is 0.579. The summed E-state index contributed by atoms with van der Waals surface area (Å²) in [5, 5.41) is 3.11. The van der Waals surface area contributed by atoms with E-state index in [1.165, 1.54) is 0 Å². The zero-order chi connectivity index (χ0) is 17.3. The first-order valence-corrected chi connectivity index (χ1v) is 8.72. The van der Waals surface area contributed by atoms with Crippen molar-refractivity contribution in [3.05, 3.63) is 29.8 Å². The second kappa shape index (κ2) is 6.83. The molecular weight excluding hydrogens is 304 g/mol. The molecule has 130 valence electrons. The first-order valence-electron chi connectivity index (χ1n) is 8.72. The second-order valence-corrected chi connectivity index (χ2v) is 7.17. The van der Waals surface area contributed by atoms with Gasteiger partial charge in [-0.3, -0.25) is 9.59 Å². The molecule has 2 atom stereocenters. The molecule has 0 bridgehead atoms. The van der Waals surface area contributed by atoms with Gasteiger partial charge in [0.15, 0.2) is 0 Å². The Morgan fingerprint density at radius 2 is 1.83 bits per heavy atom. The van der Waals surface area contributed by atoms with Crippen molar-refractivity contribution in [2.24, 2.45) is 11.8 Å². The maximum absolute atomic E-state index is 12.7. The number of hydrogen-bond acceptors (Lipinski definition) is 3. The van der Waals surface area contributed by atoms with Crippen LogP contribution in [0.2, 0.25) is 0 Å². The van der Waals surface area contributed by atoms with Crippen molar-refractivity contribution in [1.29, 1.82) is 0 Å². The lowest BCUT2D eigenvalue weighted by atomic mass is 9.88. The lowest BCUT2D eigenvalue weighted by molar-refractivity contribution is -0.133. The van der Waals surface area contributed by atoms with Crippen molar-refractivity contribution in [1.82, 2.24) is 10.2 Å². The third-order valence-electron chi connectivity index (χ3n) is 4.93. The van der Waals surface area contributed by atoms with Gasteiger partial charge in [0.2, 0.25) is 11.8 Å². The average Bonchev–Trinajstić information content (AvgIpc) is 3.28. The highest BCUT2D eigenvalue weighted by Gasteiger charge is 2.41. The van der Waals surface area contributed by atoms with Gasteiger partial charge >= 0.3 is 0 Å². The number of ether oxygens (including phenoxy) is 1. The molecule has 1 aromatic carbocycles. The summed E-state index contributed by atoms with van der Waals surface area (Å²) < 4.78 is 5.21. The van der Waals surface area contributed by atoms with Gasteiger partial charge in [0.1, 0.15) is 5.75 Å². The molecule has 1 N–H and O–H groups in total. The van der Waals surface area contributed by atoms with Crippen molar-refractivity contribution >= 4 is 11.8 Å². The van der Waals surface area contributed by atoms with Gasteiger partial charge in [0, 0.05) is 31.0 Å². The molecule has 2 amide bonds. The molecule has 1 saturated carbocycles. The minimum Gasteiger partial charge on any atom is -0.497 e. The lowest BCUT2D eigenvalue weighted by Gasteiger charge is -2.18. The summed E-state index contributed by atoms with van der Waals surface area (Å²) in [6, 6.07) is 8.17. The highest BCUT2D eigenvalue weighted by molar-refractivity contribution is 5.84. The van der Waals surface area contributed by atoms with E-state index in [-0.39, 0.29) is 29.6 Å². The molecule has 0 spiro atoms. The maximum Gasteiger partial charge on any atom is 0.225 e. The summed E-state index contributed by atoms with van der Waals surface area (Å²) in [7, 11) is 1.64. The summed E-state index contributed by atoms with van der Waals surface area (Å²) >= 11 is 0. The molecule has 3 rings (SSSR count). The maximum atomic E-state index is 12.7. The van der Waals surface area contributed by atoms with Crippen molar-refractivity contribution < 1.29 is 14.3 Å². The lowest BCUT2D eigenvalue weighted by Crippen LogP contribution is -2.37. The molecule has 24 heavy (non-hydrogen) atoms. The topological polar surface area (TPSA) is 58.6 Å². The quantitative estimate of drug-likeness (QED) is 0.900. The molecule has 1 aliphatic heterocycles. The highest BCUT2D eigenvalue weighted by atomic mass is 16.5. The number of carbonyl (C=O) groups is 2. The Morgan fingerprint density at radius 3 is 2.38 bits per heavy atom. The summed E-state index contributed by atoms with van der Waals surface area (Å²) in [4.78, 5) is 26.9. The Labute approximate surface area is 143 Å². The van der Waals surface area contributed by atoms with Gasteiger partial charge in [0.05, 0.1) is 13.0 Å². The molecule has 2 aliphatic rings. The molecule has 0 radical (unpaired) electrons. The number of methoxy groups -OCH3 is 1. The highest BCUT2D eigenvalue weighted by Crippen LogP contribution is 2.35. The van der Waals surface area contributed by atoms with Crippen LogP contribution in [0, 0.1) is 11.8 Å². The van der Waals surface area contributed by atoms with Gasteiger partial charge < -0.3 is 15.0 Å². The van der Waals surface area contributed by atoms with Gasteiger partial charge in [-0.05, 0) is 30.5 Å². The van der Waals surface area contributed by atoms with Crippen molar-refractivity contribution in [3.63, 3.8) is 0 Å². The van der Waals surface area contributed by atoms with Crippen LogP contribution in [-0.2, 0) is 9.59 Å². The van der Waals surface area contributed by atoms with Crippen LogP contribution in [0.5, 0.6) is 5.75 Å². The third-order valence-corrected chi connectivity index (χ3v) is 4.93. The van der Waals surface area contributed by atoms with E-state index >= 15 is 0 Å². The van der Waals surface area contributed by atoms with Gasteiger partial charge in [-0.1, -0.05) is 26.0 Å². The van der Waals surface area contributed by atoms with E-state index in [0.717, 1.165) is 24.2 Å². The second-order valence-electron chi connectivity index (χ2n) is 7.17. The van der Waals surface area contributed by atoms with Crippen LogP contribution in [-0.4, -0.2) is 43.0 Å². The Kier molecular flexibility index (Phi) is 4.78. The summed E-state index contributed by atoms with van der Waals surface area (Å²) in [5.74, 6) is 0.810. The molecular formula is C19H26N2O3. The Hall–Kier alpha value is -2.04. The predicted molar refractivity (Wildman–Crippen MR) is 91.8 cm³/mol. The molecule has 0 aromatic heterocycles. The smallest absolute Gasteiger partial charge is 0.225 e. The fourth-order valence-electron chi connectivity index (χ4n) is 3.34. The van der Waals surface area contributed by atoms with Crippen molar-refractivity contribution in [3.8, 4) is 5.75 Å². The van der Waals surface area contributed by atoms with E-state index in [1.807, 2.05) is 43.0 Å². The molecule has 5 heteroatoms. The molecule has 2 fully saturated rings.